The zero-order chi connectivity index (χ0) is 20.5. The van der Waals surface area contributed by atoms with Gasteiger partial charge in [0.25, 0.3) is 0 Å². The van der Waals surface area contributed by atoms with Crippen LogP contribution >= 0.6 is 15.9 Å². The molecule has 2 aromatic carbocycles. The lowest BCUT2D eigenvalue weighted by Gasteiger charge is -2.40. The Balaban J connectivity index is 2.06. The van der Waals surface area contributed by atoms with E-state index < -0.39 is 28.2 Å². The number of rotatable bonds is 4. The maximum atomic E-state index is 13.4. The van der Waals surface area contributed by atoms with Crippen LogP contribution in [0.15, 0.2) is 53.4 Å². The molecule has 3 rings (SSSR count). The normalized spacial score (nSPS) is 21.6. The third-order valence-electron chi connectivity index (χ3n) is 5.20. The summed E-state index contributed by atoms with van der Waals surface area (Å²) in [4.78, 5) is 0.102. The number of nitrogens with zero attached hydrogens (tertiary/aromatic N) is 1. The van der Waals surface area contributed by atoms with Gasteiger partial charge >= 0.3 is 6.18 Å². The molecule has 1 aliphatic rings. The van der Waals surface area contributed by atoms with Gasteiger partial charge in [-0.25, -0.2) is 8.42 Å². The highest BCUT2D eigenvalue weighted by Gasteiger charge is 2.47. The van der Waals surface area contributed by atoms with E-state index >= 15 is 0 Å². The van der Waals surface area contributed by atoms with Crippen LogP contribution in [-0.2, 0) is 15.4 Å². The summed E-state index contributed by atoms with van der Waals surface area (Å²) in [5.41, 5.74) is 2.32. The first-order valence-corrected chi connectivity index (χ1v) is 11.5. The monoisotopic (exact) mass is 475 g/mol. The van der Waals surface area contributed by atoms with E-state index in [0.717, 1.165) is 11.1 Å². The van der Waals surface area contributed by atoms with Gasteiger partial charge in [0.2, 0.25) is 10.0 Å². The van der Waals surface area contributed by atoms with Crippen molar-refractivity contribution in [1.82, 2.24) is 4.31 Å². The lowest BCUT2D eigenvalue weighted by atomic mass is 9.87. The summed E-state index contributed by atoms with van der Waals surface area (Å²) in [5, 5.41) is 0.439. The Kier molecular flexibility index (Phi) is 6.22. The van der Waals surface area contributed by atoms with Crippen LogP contribution in [-0.4, -0.2) is 25.4 Å². The number of benzene rings is 2. The lowest BCUT2D eigenvalue weighted by molar-refractivity contribution is -0.187. The summed E-state index contributed by atoms with van der Waals surface area (Å²) in [6, 6.07) is 12.6. The quantitative estimate of drug-likeness (QED) is 0.540. The Morgan fingerprint density at radius 3 is 2.36 bits per heavy atom. The molecule has 0 spiro atoms. The summed E-state index contributed by atoms with van der Waals surface area (Å²) in [6.07, 6.45) is -4.86. The molecule has 8 heteroatoms. The number of aryl methyl sites for hydroxylation is 1. The van der Waals surface area contributed by atoms with Crippen LogP contribution in [0.1, 0.15) is 35.6 Å². The summed E-state index contributed by atoms with van der Waals surface area (Å²) < 4.78 is 68.1. The van der Waals surface area contributed by atoms with E-state index in [2.05, 4.69) is 15.9 Å². The van der Waals surface area contributed by atoms with Gasteiger partial charge in [-0.1, -0.05) is 57.9 Å². The molecule has 0 radical (unpaired) electrons. The highest BCUT2D eigenvalue weighted by molar-refractivity contribution is 9.08. The topological polar surface area (TPSA) is 37.4 Å². The predicted molar refractivity (Wildman–Crippen MR) is 106 cm³/mol. The zero-order valence-electron chi connectivity index (χ0n) is 15.3. The second kappa shape index (κ2) is 8.16. The van der Waals surface area contributed by atoms with Gasteiger partial charge in [0.05, 0.1) is 16.9 Å². The Hall–Kier alpha value is -1.38. The predicted octanol–water partition coefficient (Wildman–Crippen LogP) is 5.59. The van der Waals surface area contributed by atoms with Crippen molar-refractivity contribution in [3.63, 3.8) is 0 Å². The minimum atomic E-state index is -4.35. The van der Waals surface area contributed by atoms with Crippen molar-refractivity contribution >= 4 is 26.0 Å². The van der Waals surface area contributed by atoms with E-state index in [1.807, 2.05) is 6.92 Å². The minimum Gasteiger partial charge on any atom is -0.207 e. The van der Waals surface area contributed by atoms with Crippen LogP contribution in [0.5, 0.6) is 0 Å². The van der Waals surface area contributed by atoms with Gasteiger partial charge in [-0.15, -0.1) is 0 Å². The van der Waals surface area contributed by atoms with Gasteiger partial charge in [-0.2, -0.15) is 17.5 Å². The molecule has 2 atom stereocenters. The first-order chi connectivity index (χ1) is 13.1. The number of hydrogen-bond donors (Lipinski definition) is 0. The van der Waals surface area contributed by atoms with E-state index in [1.54, 1.807) is 36.4 Å². The molecule has 0 aromatic heterocycles. The maximum Gasteiger partial charge on any atom is 0.391 e. The van der Waals surface area contributed by atoms with Gasteiger partial charge < -0.3 is 0 Å². The van der Waals surface area contributed by atoms with E-state index in [0.29, 0.717) is 10.9 Å². The highest BCUT2D eigenvalue weighted by Crippen LogP contribution is 2.45. The summed E-state index contributed by atoms with van der Waals surface area (Å²) in [5.74, 6) is -1.52. The average molecular weight is 476 g/mol. The van der Waals surface area contributed by atoms with Gasteiger partial charge in [0.1, 0.15) is 0 Å². The molecule has 1 aliphatic heterocycles. The summed E-state index contributed by atoms with van der Waals surface area (Å²) in [6.45, 7) is 1.68. The van der Waals surface area contributed by atoms with Crippen molar-refractivity contribution in [3.05, 3.63) is 65.2 Å². The van der Waals surface area contributed by atoms with Crippen molar-refractivity contribution < 1.29 is 21.6 Å². The SMILES string of the molecule is Cc1ccc(S(=O)(=O)N2CCC(C(F)(F)F)CC2c2ccccc2CBr)cc1. The molecule has 0 amide bonds. The largest absolute Gasteiger partial charge is 0.391 e. The molecule has 0 saturated carbocycles. The molecule has 1 heterocycles. The molecule has 3 nitrogen and oxygen atoms in total. The Bertz CT molecular complexity index is 929. The van der Waals surface area contributed by atoms with Crippen LogP contribution in [0.4, 0.5) is 13.2 Å². The molecule has 1 saturated heterocycles. The molecule has 0 N–H and O–H groups in total. The Morgan fingerprint density at radius 2 is 1.75 bits per heavy atom. The lowest BCUT2D eigenvalue weighted by Crippen LogP contribution is -2.44. The zero-order valence-corrected chi connectivity index (χ0v) is 17.7. The molecule has 2 aromatic rings. The van der Waals surface area contributed by atoms with Crippen molar-refractivity contribution in [3.8, 4) is 0 Å². The van der Waals surface area contributed by atoms with E-state index in [9.17, 15) is 21.6 Å². The van der Waals surface area contributed by atoms with E-state index in [1.165, 1.54) is 16.4 Å². The van der Waals surface area contributed by atoms with Gasteiger partial charge in [-0.3, -0.25) is 0 Å². The maximum absolute atomic E-state index is 13.4. The number of alkyl halides is 4. The molecule has 1 fully saturated rings. The Labute approximate surface area is 171 Å². The second-order valence-electron chi connectivity index (χ2n) is 7.04. The third-order valence-corrected chi connectivity index (χ3v) is 7.73. The summed E-state index contributed by atoms with van der Waals surface area (Å²) >= 11 is 3.36. The number of hydrogen-bond acceptors (Lipinski definition) is 2. The van der Waals surface area contributed by atoms with Gasteiger partial charge in [0.15, 0.2) is 0 Å². The fourth-order valence-corrected chi connectivity index (χ4v) is 5.78. The molecule has 2 unspecified atom stereocenters. The number of sulfonamides is 1. The van der Waals surface area contributed by atoms with Gasteiger partial charge in [-0.05, 0) is 43.0 Å². The molecule has 152 valence electrons. The molecule has 0 aliphatic carbocycles. The second-order valence-corrected chi connectivity index (χ2v) is 9.49. The van der Waals surface area contributed by atoms with E-state index in [4.69, 9.17) is 0 Å². The van der Waals surface area contributed by atoms with E-state index in [-0.39, 0.29) is 24.3 Å². The smallest absolute Gasteiger partial charge is 0.207 e. The van der Waals surface area contributed by atoms with Crippen molar-refractivity contribution in [1.29, 1.82) is 0 Å². The average Bonchev–Trinajstić information content (AvgIpc) is 2.67. The van der Waals surface area contributed by atoms with Crippen LogP contribution in [0.2, 0.25) is 0 Å². The van der Waals surface area contributed by atoms with Crippen LogP contribution < -0.4 is 0 Å². The molecular formula is C20H21BrF3NO2S. The first kappa shape index (κ1) is 21.3. The van der Waals surface area contributed by atoms with Crippen molar-refractivity contribution in [2.24, 2.45) is 5.92 Å². The van der Waals surface area contributed by atoms with Crippen molar-refractivity contribution in [2.45, 2.75) is 42.2 Å². The molecule has 28 heavy (non-hydrogen) atoms. The minimum absolute atomic E-state index is 0.102. The fourth-order valence-electron chi connectivity index (χ4n) is 3.64. The molecule has 0 bridgehead atoms. The van der Waals surface area contributed by atoms with Gasteiger partial charge in [0, 0.05) is 11.9 Å². The Morgan fingerprint density at radius 1 is 1.11 bits per heavy atom. The van der Waals surface area contributed by atoms with Crippen LogP contribution in [0.3, 0.4) is 0 Å². The molecular weight excluding hydrogens is 455 g/mol. The number of halogens is 4. The first-order valence-electron chi connectivity index (χ1n) is 8.93. The third kappa shape index (κ3) is 4.28. The summed E-state index contributed by atoms with van der Waals surface area (Å²) in [7, 11) is -3.92. The van der Waals surface area contributed by atoms with Crippen LogP contribution in [0.25, 0.3) is 0 Å². The van der Waals surface area contributed by atoms with Crippen molar-refractivity contribution in [2.75, 3.05) is 6.54 Å². The number of piperidine rings is 1. The van der Waals surface area contributed by atoms with Crippen LogP contribution in [0, 0.1) is 12.8 Å². The standard InChI is InChI=1S/C20H21BrF3NO2S/c1-14-6-8-17(9-7-14)28(26,27)25-11-10-16(20(22,23)24)12-19(25)18-5-3-2-4-15(18)13-21/h2-9,16,19H,10-13H2,1H3. The fraction of sp³-hybridized carbons (Fsp3) is 0.400. The highest BCUT2D eigenvalue weighted by atomic mass is 79.9.